The molecule has 1 amide bonds. The minimum atomic E-state index is -4.74. The fourth-order valence-corrected chi connectivity index (χ4v) is 1.54. The number of hydrogen-bond donors (Lipinski definition) is 2. The maximum atomic E-state index is 12.9. The molecule has 0 spiro atoms. The van der Waals surface area contributed by atoms with Gasteiger partial charge in [0.15, 0.2) is 0 Å². The molecule has 0 unspecified atom stereocenters. The Balaban J connectivity index is 3.00. The van der Waals surface area contributed by atoms with E-state index in [1.54, 1.807) is 20.8 Å². The van der Waals surface area contributed by atoms with Gasteiger partial charge in [-0.05, 0) is 51.1 Å². The number of nitrogens with one attached hydrogen (secondary N) is 1. The van der Waals surface area contributed by atoms with Gasteiger partial charge in [-0.1, -0.05) is 0 Å². The Morgan fingerprint density at radius 1 is 1.24 bits per heavy atom. The lowest BCUT2D eigenvalue weighted by atomic mass is 10.2. The van der Waals surface area contributed by atoms with Crippen molar-refractivity contribution in [1.82, 2.24) is 5.32 Å². The number of alkyl halides is 3. The quantitative estimate of drug-likeness (QED) is 0.632. The largest absolute Gasteiger partial charge is 0.444 e. The second-order valence-corrected chi connectivity index (χ2v) is 6.03. The molecule has 0 aliphatic rings. The van der Waals surface area contributed by atoms with Crippen LogP contribution in [0.3, 0.4) is 0 Å². The van der Waals surface area contributed by atoms with Crippen LogP contribution in [0.1, 0.15) is 20.8 Å². The van der Waals surface area contributed by atoms with E-state index in [0.29, 0.717) is 6.08 Å². The summed E-state index contributed by atoms with van der Waals surface area (Å²) in [5.41, 5.74) is 2.88. The number of rotatable bonds is 4. The lowest BCUT2D eigenvalue weighted by Crippen LogP contribution is -2.35. The maximum Gasteiger partial charge on any atom is 0.430 e. The van der Waals surface area contributed by atoms with Crippen molar-refractivity contribution < 1.29 is 27.1 Å². The first kappa shape index (κ1) is 20.5. The van der Waals surface area contributed by atoms with E-state index in [1.807, 2.05) is 0 Å². The van der Waals surface area contributed by atoms with Gasteiger partial charge in [-0.25, -0.2) is 9.18 Å². The van der Waals surface area contributed by atoms with Crippen LogP contribution in [0.4, 0.5) is 28.0 Å². The first-order valence-electron chi connectivity index (χ1n) is 7.21. The highest BCUT2D eigenvalue weighted by Gasteiger charge is 2.31. The van der Waals surface area contributed by atoms with Crippen molar-refractivity contribution >= 4 is 17.5 Å². The smallest absolute Gasteiger partial charge is 0.430 e. The molecule has 138 valence electrons. The predicted molar refractivity (Wildman–Crippen MR) is 86.1 cm³/mol. The van der Waals surface area contributed by atoms with Gasteiger partial charge in [0.1, 0.15) is 17.1 Å². The minimum Gasteiger partial charge on any atom is -0.444 e. The van der Waals surface area contributed by atoms with E-state index in [4.69, 9.17) is 10.5 Å². The van der Waals surface area contributed by atoms with Gasteiger partial charge in [0.05, 0.1) is 17.9 Å². The number of nitrogens with zero attached hydrogens (tertiary/aromatic N) is 1. The fourth-order valence-electron chi connectivity index (χ4n) is 1.54. The Hall–Kier alpha value is -2.58. The average Bonchev–Trinajstić information content (AvgIpc) is 2.44. The topological polar surface area (TPSA) is 76.7 Å². The number of carbonyl (C=O) groups excluding carboxylic acids is 1. The molecule has 0 fully saturated rings. The molecule has 0 bridgehead atoms. The molecule has 1 aromatic rings. The highest BCUT2D eigenvalue weighted by Crippen LogP contribution is 2.22. The SMILES string of the molecule is CC(C)(C)OC(=O)NCC(/C=C(\N)C(F)(F)F)=Nc1ccc(F)cc1. The third kappa shape index (κ3) is 8.18. The number of hydrogen-bond acceptors (Lipinski definition) is 4. The summed E-state index contributed by atoms with van der Waals surface area (Å²) in [6, 6.07) is 4.77. The second-order valence-electron chi connectivity index (χ2n) is 6.03. The van der Waals surface area contributed by atoms with Crippen molar-refractivity contribution in [2.45, 2.75) is 32.5 Å². The zero-order chi connectivity index (χ0) is 19.3. The molecular weight excluding hydrogens is 342 g/mol. The van der Waals surface area contributed by atoms with E-state index in [9.17, 15) is 22.4 Å². The Morgan fingerprint density at radius 2 is 1.80 bits per heavy atom. The normalized spacial score (nSPS) is 13.6. The lowest BCUT2D eigenvalue weighted by Gasteiger charge is -2.19. The van der Waals surface area contributed by atoms with Crippen molar-refractivity contribution in [3.8, 4) is 0 Å². The van der Waals surface area contributed by atoms with Gasteiger partial charge in [0.25, 0.3) is 0 Å². The summed E-state index contributed by atoms with van der Waals surface area (Å²) < 4.78 is 55.7. The number of halogens is 4. The summed E-state index contributed by atoms with van der Waals surface area (Å²) in [4.78, 5) is 15.6. The summed E-state index contributed by atoms with van der Waals surface area (Å²) in [6.07, 6.45) is -4.96. The van der Waals surface area contributed by atoms with Crippen LogP contribution in [0.15, 0.2) is 41.0 Å². The van der Waals surface area contributed by atoms with Crippen LogP contribution in [-0.4, -0.2) is 30.1 Å². The van der Waals surface area contributed by atoms with Crippen molar-refractivity contribution in [1.29, 1.82) is 0 Å². The van der Waals surface area contributed by atoms with Crippen molar-refractivity contribution in [2.75, 3.05) is 6.54 Å². The van der Waals surface area contributed by atoms with Gasteiger partial charge in [-0.2, -0.15) is 13.2 Å². The molecular formula is C16H19F4N3O2. The first-order chi connectivity index (χ1) is 11.4. The van der Waals surface area contributed by atoms with Crippen molar-refractivity contribution in [3.63, 3.8) is 0 Å². The third-order valence-electron chi connectivity index (χ3n) is 2.56. The Labute approximate surface area is 142 Å². The Bertz CT molecular complexity index is 659. The van der Waals surface area contributed by atoms with Gasteiger partial charge in [0.2, 0.25) is 0 Å². The highest BCUT2D eigenvalue weighted by atomic mass is 19.4. The van der Waals surface area contributed by atoms with E-state index < -0.39 is 29.4 Å². The zero-order valence-corrected chi connectivity index (χ0v) is 13.9. The molecule has 9 heteroatoms. The average molecular weight is 361 g/mol. The lowest BCUT2D eigenvalue weighted by molar-refractivity contribution is -0.0925. The minimum absolute atomic E-state index is 0.174. The number of allylic oxidation sites excluding steroid dienone is 1. The fraction of sp³-hybridized carbons (Fsp3) is 0.375. The number of ether oxygens (including phenoxy) is 1. The van der Waals surface area contributed by atoms with E-state index in [-0.39, 0.29) is 17.9 Å². The van der Waals surface area contributed by atoms with E-state index in [2.05, 4.69) is 10.3 Å². The number of nitrogens with two attached hydrogens (primary N) is 1. The van der Waals surface area contributed by atoms with Crippen LogP contribution in [0.2, 0.25) is 0 Å². The van der Waals surface area contributed by atoms with E-state index in [1.165, 1.54) is 12.1 Å². The van der Waals surface area contributed by atoms with E-state index in [0.717, 1.165) is 12.1 Å². The summed E-state index contributed by atoms with van der Waals surface area (Å²) in [5, 5.41) is 2.29. The molecule has 0 atom stereocenters. The summed E-state index contributed by atoms with van der Waals surface area (Å²) in [6.45, 7) is 4.56. The van der Waals surface area contributed by atoms with Crippen LogP contribution in [-0.2, 0) is 4.74 Å². The molecule has 5 nitrogen and oxygen atoms in total. The number of aliphatic imine (C=N–C) groups is 1. The molecule has 3 N–H and O–H groups in total. The molecule has 0 heterocycles. The van der Waals surface area contributed by atoms with Crippen molar-refractivity contribution in [2.24, 2.45) is 10.7 Å². The van der Waals surface area contributed by atoms with Crippen molar-refractivity contribution in [3.05, 3.63) is 41.9 Å². The molecule has 0 radical (unpaired) electrons. The van der Waals surface area contributed by atoms with Crippen LogP contribution >= 0.6 is 0 Å². The molecule has 1 rings (SSSR count). The highest BCUT2D eigenvalue weighted by molar-refractivity contribution is 6.00. The number of alkyl carbamates (subject to hydrolysis) is 1. The molecule has 0 saturated carbocycles. The van der Waals surface area contributed by atoms with Gasteiger partial charge < -0.3 is 15.8 Å². The Kier molecular flexibility index (Phi) is 6.55. The number of benzene rings is 1. The van der Waals surface area contributed by atoms with Crippen LogP contribution in [0.5, 0.6) is 0 Å². The molecule has 0 saturated heterocycles. The van der Waals surface area contributed by atoms with Gasteiger partial charge >= 0.3 is 12.3 Å². The third-order valence-corrected chi connectivity index (χ3v) is 2.56. The van der Waals surface area contributed by atoms with Crippen LogP contribution in [0.25, 0.3) is 0 Å². The van der Waals surface area contributed by atoms with Gasteiger partial charge in [-0.3, -0.25) is 4.99 Å². The monoisotopic (exact) mass is 361 g/mol. The Morgan fingerprint density at radius 3 is 2.28 bits per heavy atom. The molecule has 25 heavy (non-hydrogen) atoms. The first-order valence-corrected chi connectivity index (χ1v) is 7.21. The van der Waals surface area contributed by atoms with E-state index >= 15 is 0 Å². The maximum absolute atomic E-state index is 12.9. The zero-order valence-electron chi connectivity index (χ0n) is 13.9. The molecule has 0 aromatic heterocycles. The van der Waals surface area contributed by atoms with Crippen LogP contribution < -0.4 is 11.1 Å². The number of carbonyl (C=O) groups is 1. The summed E-state index contributed by atoms with van der Waals surface area (Å²) in [7, 11) is 0. The summed E-state index contributed by atoms with van der Waals surface area (Å²) in [5.74, 6) is -0.516. The van der Waals surface area contributed by atoms with Crippen LogP contribution in [0, 0.1) is 5.82 Å². The molecule has 0 aliphatic carbocycles. The standard InChI is InChI=1S/C16H19F4N3O2/c1-15(2,3)25-14(24)22-9-12(8-13(21)16(18,19)20)23-11-6-4-10(17)5-7-11/h4-8H,9,21H2,1-3H3,(H,22,24)/b13-8-,23-12?. The molecule has 0 aliphatic heterocycles. The predicted octanol–water partition coefficient (Wildman–Crippen LogP) is 3.83. The van der Waals surface area contributed by atoms with Gasteiger partial charge in [0, 0.05) is 0 Å². The second kappa shape index (κ2) is 8.00. The molecule has 1 aromatic carbocycles. The number of amides is 1. The van der Waals surface area contributed by atoms with Gasteiger partial charge in [-0.15, -0.1) is 0 Å². The summed E-state index contributed by atoms with van der Waals surface area (Å²) >= 11 is 0.